The molecule has 5 nitrogen and oxygen atoms in total. The van der Waals surface area contributed by atoms with Crippen molar-refractivity contribution in [2.75, 3.05) is 19.6 Å². The van der Waals surface area contributed by atoms with Crippen LogP contribution in [-0.4, -0.2) is 47.6 Å². The zero-order chi connectivity index (χ0) is 13.1. The van der Waals surface area contributed by atoms with Gasteiger partial charge in [0.25, 0.3) is 0 Å². The van der Waals surface area contributed by atoms with Crippen molar-refractivity contribution in [2.24, 2.45) is 11.8 Å². The van der Waals surface area contributed by atoms with Crippen molar-refractivity contribution >= 4 is 11.9 Å². The van der Waals surface area contributed by atoms with E-state index in [1.165, 1.54) is 0 Å². The van der Waals surface area contributed by atoms with Crippen LogP contribution in [0.3, 0.4) is 0 Å². The molecule has 0 aromatic rings. The number of likely N-dealkylation sites (tertiary alicyclic amines) is 1. The Morgan fingerprint density at radius 2 is 2.17 bits per heavy atom. The van der Waals surface area contributed by atoms with Crippen LogP contribution in [0.2, 0.25) is 0 Å². The molecule has 0 aliphatic carbocycles. The number of carbonyl (C=O) groups is 2. The van der Waals surface area contributed by atoms with E-state index in [-0.39, 0.29) is 11.8 Å². The number of carboxylic acids is 1. The van der Waals surface area contributed by atoms with Gasteiger partial charge in [0.2, 0.25) is 5.91 Å². The predicted molar refractivity (Wildman–Crippen MR) is 67.1 cm³/mol. The molecule has 2 aliphatic rings. The number of hydrogen-bond donors (Lipinski definition) is 2. The maximum atomic E-state index is 12.1. The Labute approximate surface area is 108 Å². The van der Waals surface area contributed by atoms with Gasteiger partial charge >= 0.3 is 5.97 Å². The van der Waals surface area contributed by atoms with Gasteiger partial charge in [-0.05, 0) is 44.2 Å². The minimum atomic E-state index is -0.865. The first kappa shape index (κ1) is 13.3. The smallest absolute Gasteiger partial charge is 0.326 e. The van der Waals surface area contributed by atoms with E-state index in [9.17, 15) is 14.7 Å². The van der Waals surface area contributed by atoms with Crippen LogP contribution in [0.1, 0.15) is 32.6 Å². The average Bonchev–Trinajstić information content (AvgIpc) is 2.94. The Bertz CT molecular complexity index is 326. The lowest BCUT2D eigenvalue weighted by molar-refractivity contribution is -0.149. The van der Waals surface area contributed by atoms with Gasteiger partial charge in [0.05, 0.1) is 0 Å². The number of carbonyl (C=O) groups excluding carboxylic acids is 1. The monoisotopic (exact) mass is 254 g/mol. The molecule has 2 heterocycles. The lowest BCUT2D eigenvalue weighted by Gasteiger charge is -2.23. The molecular formula is C13H22N2O3. The first-order valence-corrected chi connectivity index (χ1v) is 6.82. The Kier molecular flexibility index (Phi) is 4.22. The molecule has 3 atom stereocenters. The predicted octanol–water partition coefficient (Wildman–Crippen LogP) is 0.698. The van der Waals surface area contributed by atoms with Crippen LogP contribution in [0.4, 0.5) is 0 Å². The lowest BCUT2D eigenvalue weighted by Crippen LogP contribution is -2.42. The number of amides is 1. The molecule has 2 aliphatic heterocycles. The molecule has 5 heteroatoms. The van der Waals surface area contributed by atoms with Crippen molar-refractivity contribution in [3.05, 3.63) is 0 Å². The second-order valence-electron chi connectivity index (χ2n) is 5.53. The van der Waals surface area contributed by atoms with Gasteiger partial charge in [-0.15, -0.1) is 0 Å². The molecule has 0 bridgehead atoms. The molecular weight excluding hydrogens is 232 g/mol. The second-order valence-corrected chi connectivity index (χ2v) is 5.53. The quantitative estimate of drug-likeness (QED) is 0.774. The standard InChI is InChI=1S/C13H22N2O3/c1-9-5-7-15(12(9)13(17)18)11(16)3-2-10-4-6-14-8-10/h9-10,12,14H,2-8H2,1H3,(H,17,18). The van der Waals surface area contributed by atoms with Gasteiger partial charge in [0, 0.05) is 13.0 Å². The van der Waals surface area contributed by atoms with Gasteiger partial charge in [0.1, 0.15) is 6.04 Å². The van der Waals surface area contributed by atoms with Crippen LogP contribution in [0.25, 0.3) is 0 Å². The highest BCUT2D eigenvalue weighted by molar-refractivity contribution is 5.84. The number of hydrogen-bond acceptors (Lipinski definition) is 3. The normalized spacial score (nSPS) is 31.8. The van der Waals surface area contributed by atoms with Crippen LogP contribution in [0.15, 0.2) is 0 Å². The maximum absolute atomic E-state index is 12.1. The van der Waals surface area contributed by atoms with Crippen molar-refractivity contribution in [2.45, 2.75) is 38.6 Å². The molecule has 102 valence electrons. The first-order valence-electron chi connectivity index (χ1n) is 6.82. The number of carboxylic acid groups (broad SMARTS) is 1. The molecule has 2 fully saturated rings. The van der Waals surface area contributed by atoms with Crippen molar-refractivity contribution in [3.63, 3.8) is 0 Å². The molecule has 2 saturated heterocycles. The summed E-state index contributed by atoms with van der Waals surface area (Å²) in [6, 6.07) is -0.612. The first-order chi connectivity index (χ1) is 8.59. The van der Waals surface area contributed by atoms with Crippen LogP contribution in [0, 0.1) is 11.8 Å². The second kappa shape index (κ2) is 5.69. The van der Waals surface area contributed by atoms with E-state index in [4.69, 9.17) is 0 Å². The highest BCUT2D eigenvalue weighted by Gasteiger charge is 2.39. The van der Waals surface area contributed by atoms with Crippen LogP contribution in [0.5, 0.6) is 0 Å². The average molecular weight is 254 g/mol. The summed E-state index contributed by atoms with van der Waals surface area (Å²) in [4.78, 5) is 24.9. The minimum absolute atomic E-state index is 0.0126. The van der Waals surface area contributed by atoms with Gasteiger partial charge in [0.15, 0.2) is 0 Å². The van der Waals surface area contributed by atoms with Gasteiger partial charge in [-0.25, -0.2) is 4.79 Å². The van der Waals surface area contributed by atoms with Gasteiger partial charge in [-0.3, -0.25) is 4.79 Å². The summed E-state index contributed by atoms with van der Waals surface area (Å²) >= 11 is 0. The maximum Gasteiger partial charge on any atom is 0.326 e. The zero-order valence-electron chi connectivity index (χ0n) is 10.9. The summed E-state index contributed by atoms with van der Waals surface area (Å²) in [7, 11) is 0. The van der Waals surface area contributed by atoms with Gasteiger partial charge in [-0.1, -0.05) is 6.92 Å². The topological polar surface area (TPSA) is 69.6 Å². The Hall–Kier alpha value is -1.10. The molecule has 0 radical (unpaired) electrons. The summed E-state index contributed by atoms with van der Waals surface area (Å²) in [5.41, 5.74) is 0. The molecule has 0 spiro atoms. The summed E-state index contributed by atoms with van der Waals surface area (Å²) < 4.78 is 0. The fourth-order valence-corrected chi connectivity index (χ4v) is 3.04. The zero-order valence-corrected chi connectivity index (χ0v) is 10.9. The van der Waals surface area contributed by atoms with E-state index in [0.717, 1.165) is 32.4 Å². The molecule has 0 aromatic heterocycles. The van der Waals surface area contributed by atoms with Crippen LogP contribution in [-0.2, 0) is 9.59 Å². The summed E-state index contributed by atoms with van der Waals surface area (Å²) in [6.07, 6.45) is 3.30. The molecule has 2 rings (SSSR count). The van der Waals surface area contributed by atoms with E-state index in [2.05, 4.69) is 5.32 Å². The number of aliphatic carboxylic acids is 1. The van der Waals surface area contributed by atoms with E-state index in [0.29, 0.717) is 18.9 Å². The third kappa shape index (κ3) is 2.83. The van der Waals surface area contributed by atoms with Crippen molar-refractivity contribution < 1.29 is 14.7 Å². The Morgan fingerprint density at radius 1 is 1.39 bits per heavy atom. The lowest BCUT2D eigenvalue weighted by atomic mass is 10.0. The van der Waals surface area contributed by atoms with Crippen molar-refractivity contribution in [3.8, 4) is 0 Å². The summed E-state index contributed by atoms with van der Waals surface area (Å²) in [5, 5.41) is 12.5. The number of rotatable bonds is 4. The fourth-order valence-electron chi connectivity index (χ4n) is 3.04. The largest absolute Gasteiger partial charge is 0.480 e. The third-order valence-electron chi connectivity index (χ3n) is 4.20. The summed E-state index contributed by atoms with van der Waals surface area (Å²) in [6.45, 7) is 4.54. The van der Waals surface area contributed by atoms with E-state index in [1.807, 2.05) is 6.92 Å². The molecule has 3 unspecified atom stereocenters. The number of nitrogens with one attached hydrogen (secondary N) is 1. The van der Waals surface area contributed by atoms with E-state index < -0.39 is 12.0 Å². The molecule has 0 aromatic carbocycles. The molecule has 18 heavy (non-hydrogen) atoms. The third-order valence-corrected chi connectivity index (χ3v) is 4.20. The highest BCUT2D eigenvalue weighted by atomic mass is 16.4. The Morgan fingerprint density at radius 3 is 2.78 bits per heavy atom. The van der Waals surface area contributed by atoms with Gasteiger partial charge in [-0.2, -0.15) is 0 Å². The van der Waals surface area contributed by atoms with E-state index in [1.54, 1.807) is 4.90 Å². The SMILES string of the molecule is CC1CCN(C(=O)CCC2CCNC2)C1C(=O)O. The molecule has 1 amide bonds. The molecule has 0 saturated carbocycles. The van der Waals surface area contributed by atoms with E-state index >= 15 is 0 Å². The highest BCUT2D eigenvalue weighted by Crippen LogP contribution is 2.26. The fraction of sp³-hybridized carbons (Fsp3) is 0.846. The summed E-state index contributed by atoms with van der Waals surface area (Å²) in [5.74, 6) is -0.202. The van der Waals surface area contributed by atoms with Crippen LogP contribution >= 0.6 is 0 Å². The van der Waals surface area contributed by atoms with Crippen molar-refractivity contribution in [1.29, 1.82) is 0 Å². The Balaban J connectivity index is 1.85. The van der Waals surface area contributed by atoms with Crippen LogP contribution < -0.4 is 5.32 Å². The number of nitrogens with zero attached hydrogens (tertiary/aromatic N) is 1. The molecule has 2 N–H and O–H groups in total. The minimum Gasteiger partial charge on any atom is -0.480 e. The van der Waals surface area contributed by atoms with Crippen molar-refractivity contribution in [1.82, 2.24) is 10.2 Å². The van der Waals surface area contributed by atoms with Gasteiger partial charge < -0.3 is 15.3 Å².